The van der Waals surface area contributed by atoms with Gasteiger partial charge < -0.3 is 9.84 Å². The molecule has 3 heteroatoms. The maximum Gasteiger partial charge on any atom is 0.129 e. The van der Waals surface area contributed by atoms with Crippen molar-refractivity contribution in [1.82, 2.24) is 0 Å². The van der Waals surface area contributed by atoms with Crippen molar-refractivity contribution in [3.05, 3.63) is 29.6 Å². The second kappa shape index (κ2) is 6.19. The summed E-state index contributed by atoms with van der Waals surface area (Å²) in [6.07, 6.45) is 5.47. The van der Waals surface area contributed by atoms with Crippen LogP contribution in [0.2, 0.25) is 0 Å². The van der Waals surface area contributed by atoms with Gasteiger partial charge in [-0.15, -0.1) is 0 Å². The molecule has 0 spiro atoms. The normalized spacial score (nSPS) is 25.3. The summed E-state index contributed by atoms with van der Waals surface area (Å²) in [4.78, 5) is 0. The van der Waals surface area contributed by atoms with E-state index >= 15 is 0 Å². The Balaban J connectivity index is 2.03. The minimum Gasteiger partial charge on any atom is -0.488 e. The van der Waals surface area contributed by atoms with Crippen LogP contribution < -0.4 is 4.74 Å². The fourth-order valence-electron chi connectivity index (χ4n) is 2.39. The van der Waals surface area contributed by atoms with Gasteiger partial charge in [0.05, 0.1) is 6.10 Å². The molecule has 1 aromatic rings. The Labute approximate surface area is 108 Å². The number of rotatable bonds is 2. The van der Waals surface area contributed by atoms with Crippen molar-refractivity contribution in [3.63, 3.8) is 0 Å². The minimum atomic E-state index is -0.435. The topological polar surface area (TPSA) is 29.5 Å². The molecule has 1 saturated carbocycles. The first-order valence-electron chi connectivity index (χ1n) is 6.77. The van der Waals surface area contributed by atoms with Gasteiger partial charge in [0.2, 0.25) is 0 Å². The van der Waals surface area contributed by atoms with Crippen molar-refractivity contribution in [2.75, 3.05) is 0 Å². The van der Waals surface area contributed by atoms with Crippen molar-refractivity contribution in [2.24, 2.45) is 0 Å². The van der Waals surface area contributed by atoms with Crippen LogP contribution in [0.5, 0.6) is 5.75 Å². The third-order valence-corrected chi connectivity index (χ3v) is 3.60. The fraction of sp³-hybridized carbons (Fsp3) is 0.600. The molecule has 0 amide bonds. The van der Waals surface area contributed by atoms with E-state index < -0.39 is 6.10 Å². The van der Waals surface area contributed by atoms with Crippen molar-refractivity contribution in [3.8, 4) is 5.75 Å². The van der Waals surface area contributed by atoms with Gasteiger partial charge in [-0.1, -0.05) is 25.3 Å². The van der Waals surface area contributed by atoms with Gasteiger partial charge in [0.15, 0.2) is 0 Å². The summed E-state index contributed by atoms with van der Waals surface area (Å²) in [5.41, 5.74) is 0.612. The smallest absolute Gasteiger partial charge is 0.129 e. The van der Waals surface area contributed by atoms with Gasteiger partial charge in [0.25, 0.3) is 0 Å². The zero-order valence-electron chi connectivity index (χ0n) is 10.9. The summed E-state index contributed by atoms with van der Waals surface area (Å²) >= 11 is 0. The number of benzene rings is 1. The van der Waals surface area contributed by atoms with Crippen LogP contribution in [0.4, 0.5) is 4.39 Å². The van der Waals surface area contributed by atoms with Gasteiger partial charge in [-0.05, 0) is 37.8 Å². The van der Waals surface area contributed by atoms with Gasteiger partial charge in [0, 0.05) is 6.07 Å². The lowest BCUT2D eigenvalue weighted by Crippen LogP contribution is -2.32. The fourth-order valence-corrected chi connectivity index (χ4v) is 2.39. The van der Waals surface area contributed by atoms with Crippen LogP contribution in [0.25, 0.3) is 0 Å². The van der Waals surface area contributed by atoms with E-state index in [9.17, 15) is 9.50 Å². The average Bonchev–Trinajstić information content (AvgIpc) is 2.33. The van der Waals surface area contributed by atoms with Gasteiger partial charge in [-0.2, -0.15) is 0 Å². The molecule has 1 aliphatic carbocycles. The molecule has 2 rings (SSSR count). The molecule has 18 heavy (non-hydrogen) atoms. The first-order chi connectivity index (χ1) is 8.66. The number of halogens is 1. The number of aliphatic hydroxyl groups is 1. The maximum absolute atomic E-state index is 13.4. The van der Waals surface area contributed by atoms with Gasteiger partial charge in [-0.25, -0.2) is 4.39 Å². The van der Waals surface area contributed by atoms with Crippen molar-refractivity contribution < 1.29 is 14.2 Å². The number of hydrogen-bond donors (Lipinski definition) is 1. The molecule has 0 radical (unpaired) electrons. The van der Waals surface area contributed by atoms with Crippen molar-refractivity contribution in [1.29, 1.82) is 0 Å². The number of aliphatic hydroxyl groups excluding tert-OH is 1. The lowest BCUT2D eigenvalue weighted by molar-refractivity contribution is 0.0186. The molecule has 1 aromatic carbocycles. The Morgan fingerprint density at radius 3 is 2.61 bits per heavy atom. The molecule has 2 unspecified atom stereocenters. The number of hydrogen-bond acceptors (Lipinski definition) is 2. The summed E-state index contributed by atoms with van der Waals surface area (Å²) in [6.45, 7) is 1.73. The number of aryl methyl sites for hydroxylation is 1. The summed E-state index contributed by atoms with van der Waals surface area (Å²) in [7, 11) is 0. The quantitative estimate of drug-likeness (QED) is 0.871. The summed E-state index contributed by atoms with van der Waals surface area (Å²) in [5, 5.41) is 10.0. The van der Waals surface area contributed by atoms with Crippen LogP contribution in [0, 0.1) is 12.7 Å². The van der Waals surface area contributed by atoms with E-state index in [0.717, 1.165) is 25.7 Å². The predicted molar refractivity (Wildman–Crippen MR) is 69.3 cm³/mol. The molecule has 0 heterocycles. The first kappa shape index (κ1) is 13.3. The molecular formula is C15H21FO2. The Hall–Kier alpha value is -1.09. The Bertz CT molecular complexity index is 392. The van der Waals surface area contributed by atoms with Crippen LogP contribution in [0.1, 0.15) is 44.1 Å². The van der Waals surface area contributed by atoms with E-state index in [4.69, 9.17) is 4.74 Å². The van der Waals surface area contributed by atoms with Crippen molar-refractivity contribution >= 4 is 0 Å². The lowest BCUT2D eigenvalue weighted by atomic mass is 9.96. The molecule has 0 aliphatic heterocycles. The van der Waals surface area contributed by atoms with E-state index in [1.807, 2.05) is 0 Å². The standard InChI is InChI=1S/C15H21FO2/c1-11-8-9-12(10-13(11)16)18-15-7-5-3-2-4-6-14(15)17/h8-10,14-15,17H,2-7H2,1H3. The molecule has 2 nitrogen and oxygen atoms in total. The minimum absolute atomic E-state index is 0.201. The second-order valence-corrected chi connectivity index (χ2v) is 5.13. The van der Waals surface area contributed by atoms with E-state index in [1.54, 1.807) is 19.1 Å². The van der Waals surface area contributed by atoms with Crippen LogP contribution in [-0.2, 0) is 0 Å². The zero-order chi connectivity index (χ0) is 13.0. The van der Waals surface area contributed by atoms with Crippen LogP contribution in [-0.4, -0.2) is 17.3 Å². The predicted octanol–water partition coefficient (Wildman–Crippen LogP) is 3.60. The summed E-state index contributed by atoms with van der Waals surface area (Å²) in [5.74, 6) is 0.260. The highest BCUT2D eigenvalue weighted by molar-refractivity contribution is 5.28. The lowest BCUT2D eigenvalue weighted by Gasteiger charge is -2.26. The van der Waals surface area contributed by atoms with E-state index in [2.05, 4.69) is 0 Å². The monoisotopic (exact) mass is 252 g/mol. The van der Waals surface area contributed by atoms with Gasteiger partial charge in [0.1, 0.15) is 17.7 Å². The Morgan fingerprint density at radius 2 is 1.89 bits per heavy atom. The average molecular weight is 252 g/mol. The van der Waals surface area contributed by atoms with Crippen LogP contribution >= 0.6 is 0 Å². The molecule has 2 atom stereocenters. The molecule has 0 bridgehead atoms. The Morgan fingerprint density at radius 1 is 1.17 bits per heavy atom. The third-order valence-electron chi connectivity index (χ3n) is 3.60. The van der Waals surface area contributed by atoms with E-state index in [0.29, 0.717) is 11.3 Å². The van der Waals surface area contributed by atoms with Crippen molar-refractivity contribution in [2.45, 2.75) is 57.7 Å². The highest BCUT2D eigenvalue weighted by Crippen LogP contribution is 2.24. The molecule has 0 aromatic heterocycles. The SMILES string of the molecule is Cc1ccc(OC2CCCCCCC2O)cc1F. The maximum atomic E-state index is 13.4. The molecule has 1 N–H and O–H groups in total. The highest BCUT2D eigenvalue weighted by atomic mass is 19.1. The highest BCUT2D eigenvalue weighted by Gasteiger charge is 2.22. The molecule has 1 fully saturated rings. The first-order valence-corrected chi connectivity index (χ1v) is 6.77. The van der Waals surface area contributed by atoms with Crippen LogP contribution in [0.15, 0.2) is 18.2 Å². The van der Waals surface area contributed by atoms with E-state index in [-0.39, 0.29) is 11.9 Å². The third kappa shape index (κ3) is 3.45. The van der Waals surface area contributed by atoms with E-state index in [1.165, 1.54) is 18.9 Å². The molecular weight excluding hydrogens is 231 g/mol. The Kier molecular flexibility index (Phi) is 4.59. The summed E-state index contributed by atoms with van der Waals surface area (Å²) in [6, 6.07) is 4.88. The molecule has 100 valence electrons. The summed E-state index contributed by atoms with van der Waals surface area (Å²) < 4.78 is 19.2. The zero-order valence-corrected chi connectivity index (χ0v) is 10.9. The molecule has 1 aliphatic rings. The van der Waals surface area contributed by atoms with Crippen LogP contribution in [0.3, 0.4) is 0 Å². The molecule has 0 saturated heterocycles. The second-order valence-electron chi connectivity index (χ2n) is 5.13. The largest absolute Gasteiger partial charge is 0.488 e. The van der Waals surface area contributed by atoms with Gasteiger partial charge in [-0.3, -0.25) is 0 Å². The number of ether oxygens (including phenoxy) is 1. The van der Waals surface area contributed by atoms with Gasteiger partial charge >= 0.3 is 0 Å².